The van der Waals surface area contributed by atoms with Crippen LogP contribution in [0.1, 0.15) is 17.3 Å². The zero-order valence-electron chi connectivity index (χ0n) is 7.87. The average Bonchev–Trinajstić information content (AvgIpc) is 2.19. The Morgan fingerprint density at radius 3 is 2.64 bits per heavy atom. The molecule has 1 aromatic carbocycles. The van der Waals surface area contributed by atoms with Gasteiger partial charge in [0.1, 0.15) is 0 Å². The van der Waals surface area contributed by atoms with Crippen molar-refractivity contribution in [1.82, 2.24) is 5.32 Å². The summed E-state index contributed by atoms with van der Waals surface area (Å²) in [5.41, 5.74) is 0.626. The first-order chi connectivity index (χ1) is 6.74. The van der Waals surface area contributed by atoms with Crippen molar-refractivity contribution in [3.05, 3.63) is 29.8 Å². The van der Waals surface area contributed by atoms with Crippen LogP contribution in [-0.4, -0.2) is 12.5 Å². The molecule has 0 aliphatic heterocycles. The zero-order chi connectivity index (χ0) is 10.4. The molecule has 1 rings (SSSR count). The van der Waals surface area contributed by atoms with Crippen molar-refractivity contribution in [3.8, 4) is 11.8 Å². The van der Waals surface area contributed by atoms with Crippen LogP contribution >= 0.6 is 12.6 Å². The van der Waals surface area contributed by atoms with Crippen molar-refractivity contribution >= 4 is 18.5 Å². The molecule has 0 fully saturated rings. The minimum atomic E-state index is -0.110. The van der Waals surface area contributed by atoms with Crippen LogP contribution in [0, 0.1) is 11.8 Å². The van der Waals surface area contributed by atoms with Gasteiger partial charge in [-0.2, -0.15) is 0 Å². The van der Waals surface area contributed by atoms with Crippen LogP contribution in [0.25, 0.3) is 0 Å². The van der Waals surface area contributed by atoms with E-state index in [1.54, 1.807) is 31.2 Å². The van der Waals surface area contributed by atoms with Gasteiger partial charge in [0.2, 0.25) is 0 Å². The Balaban J connectivity index is 2.59. The van der Waals surface area contributed by atoms with Crippen molar-refractivity contribution in [3.63, 3.8) is 0 Å². The second kappa shape index (κ2) is 5.36. The SMILES string of the molecule is CC#CCNC(=O)c1ccc(S)cc1. The smallest absolute Gasteiger partial charge is 0.252 e. The molecule has 2 nitrogen and oxygen atoms in total. The third-order valence-corrected chi connectivity index (χ3v) is 1.94. The molecule has 0 saturated heterocycles. The van der Waals surface area contributed by atoms with E-state index < -0.39 is 0 Å². The topological polar surface area (TPSA) is 29.1 Å². The molecule has 1 aromatic rings. The Hall–Kier alpha value is -1.40. The third-order valence-electron chi connectivity index (χ3n) is 1.64. The first-order valence-corrected chi connectivity index (χ1v) is 4.65. The Kier molecular flexibility index (Phi) is 4.09. The number of hydrogen-bond acceptors (Lipinski definition) is 2. The monoisotopic (exact) mass is 205 g/mol. The second-order valence-corrected chi connectivity index (χ2v) is 3.17. The predicted octanol–water partition coefficient (Wildman–Crippen LogP) is 1.73. The Morgan fingerprint density at radius 2 is 2.07 bits per heavy atom. The maximum Gasteiger partial charge on any atom is 0.252 e. The molecule has 0 heterocycles. The van der Waals surface area contributed by atoms with Crippen LogP contribution in [0.5, 0.6) is 0 Å². The summed E-state index contributed by atoms with van der Waals surface area (Å²) in [6.45, 7) is 2.12. The minimum absolute atomic E-state index is 0.110. The van der Waals surface area contributed by atoms with Gasteiger partial charge in [-0.25, -0.2) is 0 Å². The lowest BCUT2D eigenvalue weighted by Gasteiger charge is -2.00. The number of nitrogens with one attached hydrogen (secondary N) is 1. The van der Waals surface area contributed by atoms with E-state index in [1.165, 1.54) is 0 Å². The molecular formula is C11H11NOS. The maximum absolute atomic E-state index is 11.4. The maximum atomic E-state index is 11.4. The molecule has 1 amide bonds. The Labute approximate surface area is 89.1 Å². The number of hydrogen-bond donors (Lipinski definition) is 2. The molecule has 0 aliphatic rings. The molecule has 3 heteroatoms. The van der Waals surface area contributed by atoms with Crippen molar-refractivity contribution in [2.75, 3.05) is 6.54 Å². The van der Waals surface area contributed by atoms with E-state index in [-0.39, 0.29) is 5.91 Å². The van der Waals surface area contributed by atoms with E-state index in [9.17, 15) is 4.79 Å². The standard InChI is InChI=1S/C11H11NOS/c1-2-3-8-12-11(13)9-4-6-10(14)7-5-9/h4-7,14H,8H2,1H3,(H,12,13). The number of carbonyl (C=O) groups excluding carboxylic acids is 1. The number of rotatable bonds is 2. The average molecular weight is 205 g/mol. The molecule has 1 N–H and O–H groups in total. The molecule has 14 heavy (non-hydrogen) atoms. The van der Waals surface area contributed by atoms with E-state index in [0.717, 1.165) is 4.90 Å². The van der Waals surface area contributed by atoms with Crippen LogP contribution in [-0.2, 0) is 0 Å². The number of benzene rings is 1. The first-order valence-electron chi connectivity index (χ1n) is 4.21. The summed E-state index contributed by atoms with van der Waals surface area (Å²) >= 11 is 4.13. The van der Waals surface area contributed by atoms with Gasteiger partial charge >= 0.3 is 0 Å². The van der Waals surface area contributed by atoms with Gasteiger partial charge in [-0.1, -0.05) is 5.92 Å². The molecule has 0 saturated carbocycles. The van der Waals surface area contributed by atoms with E-state index in [0.29, 0.717) is 12.1 Å². The van der Waals surface area contributed by atoms with Crippen molar-refractivity contribution in [2.24, 2.45) is 0 Å². The highest BCUT2D eigenvalue weighted by Gasteiger charge is 2.02. The normalized spacial score (nSPS) is 8.71. The lowest BCUT2D eigenvalue weighted by molar-refractivity contribution is 0.0958. The highest BCUT2D eigenvalue weighted by molar-refractivity contribution is 7.80. The van der Waals surface area contributed by atoms with Gasteiger partial charge in [0.05, 0.1) is 6.54 Å². The van der Waals surface area contributed by atoms with Crippen LogP contribution in [0.2, 0.25) is 0 Å². The molecule has 0 spiro atoms. The largest absolute Gasteiger partial charge is 0.341 e. The predicted molar refractivity (Wildman–Crippen MR) is 59.5 cm³/mol. The third kappa shape index (κ3) is 3.15. The van der Waals surface area contributed by atoms with Gasteiger partial charge in [0.25, 0.3) is 5.91 Å². The van der Waals surface area contributed by atoms with Gasteiger partial charge in [-0.15, -0.1) is 18.5 Å². The summed E-state index contributed by atoms with van der Waals surface area (Å²) in [6, 6.07) is 7.03. The summed E-state index contributed by atoms with van der Waals surface area (Å²) in [5, 5.41) is 2.68. The number of amides is 1. The van der Waals surface area contributed by atoms with E-state index in [2.05, 4.69) is 29.8 Å². The molecular weight excluding hydrogens is 194 g/mol. The lowest BCUT2D eigenvalue weighted by Crippen LogP contribution is -2.23. The minimum Gasteiger partial charge on any atom is -0.341 e. The van der Waals surface area contributed by atoms with Gasteiger partial charge in [-0.05, 0) is 31.2 Å². The van der Waals surface area contributed by atoms with Crippen molar-refractivity contribution < 1.29 is 4.79 Å². The zero-order valence-corrected chi connectivity index (χ0v) is 8.77. The fraction of sp³-hybridized carbons (Fsp3) is 0.182. The van der Waals surface area contributed by atoms with Gasteiger partial charge in [0, 0.05) is 10.5 Å². The van der Waals surface area contributed by atoms with Crippen LogP contribution < -0.4 is 5.32 Å². The summed E-state index contributed by atoms with van der Waals surface area (Å²) in [7, 11) is 0. The summed E-state index contributed by atoms with van der Waals surface area (Å²) < 4.78 is 0. The second-order valence-electron chi connectivity index (χ2n) is 2.66. The Bertz CT molecular complexity index is 373. The summed E-state index contributed by atoms with van der Waals surface area (Å²) in [6.07, 6.45) is 0. The quantitative estimate of drug-likeness (QED) is 0.559. The van der Waals surface area contributed by atoms with Gasteiger partial charge in [-0.3, -0.25) is 4.79 Å². The molecule has 0 atom stereocenters. The lowest BCUT2D eigenvalue weighted by atomic mass is 10.2. The van der Waals surface area contributed by atoms with Crippen LogP contribution in [0.3, 0.4) is 0 Å². The van der Waals surface area contributed by atoms with E-state index in [1.807, 2.05) is 0 Å². The van der Waals surface area contributed by atoms with Gasteiger partial charge < -0.3 is 5.32 Å². The van der Waals surface area contributed by atoms with Crippen molar-refractivity contribution in [2.45, 2.75) is 11.8 Å². The molecule has 0 unspecified atom stereocenters. The fourth-order valence-corrected chi connectivity index (χ4v) is 1.08. The van der Waals surface area contributed by atoms with E-state index in [4.69, 9.17) is 0 Å². The number of thiol groups is 1. The highest BCUT2D eigenvalue weighted by Crippen LogP contribution is 2.07. The van der Waals surface area contributed by atoms with Crippen molar-refractivity contribution in [1.29, 1.82) is 0 Å². The molecule has 0 radical (unpaired) electrons. The van der Waals surface area contributed by atoms with Crippen LogP contribution in [0.4, 0.5) is 0 Å². The van der Waals surface area contributed by atoms with Crippen LogP contribution in [0.15, 0.2) is 29.2 Å². The molecule has 0 aliphatic carbocycles. The summed E-state index contributed by atoms with van der Waals surface area (Å²) in [4.78, 5) is 12.3. The molecule has 0 bridgehead atoms. The first kappa shape index (κ1) is 10.7. The highest BCUT2D eigenvalue weighted by atomic mass is 32.1. The molecule has 72 valence electrons. The van der Waals surface area contributed by atoms with Gasteiger partial charge in [0.15, 0.2) is 0 Å². The molecule has 0 aromatic heterocycles. The number of carbonyl (C=O) groups is 1. The fourth-order valence-electron chi connectivity index (χ4n) is 0.928. The Morgan fingerprint density at radius 1 is 1.43 bits per heavy atom. The van der Waals surface area contributed by atoms with E-state index >= 15 is 0 Å². The summed E-state index contributed by atoms with van der Waals surface area (Å²) in [5.74, 6) is 5.36.